The van der Waals surface area contributed by atoms with E-state index in [1.165, 1.54) is 12.1 Å². The first kappa shape index (κ1) is 23.8. The van der Waals surface area contributed by atoms with Gasteiger partial charge in [0, 0.05) is 29.7 Å². The molecule has 0 spiro atoms. The molecule has 174 valence electrons. The highest BCUT2D eigenvalue weighted by Crippen LogP contribution is 2.33. The largest absolute Gasteiger partial charge is 0.416 e. The van der Waals surface area contributed by atoms with Crippen LogP contribution >= 0.6 is 11.6 Å². The highest BCUT2D eigenvalue weighted by atomic mass is 35.5. The van der Waals surface area contributed by atoms with Gasteiger partial charge in [-0.25, -0.2) is 0 Å². The number of amides is 1. The van der Waals surface area contributed by atoms with Crippen LogP contribution in [0.1, 0.15) is 45.1 Å². The lowest BCUT2D eigenvalue weighted by atomic mass is 9.96. The van der Waals surface area contributed by atoms with Gasteiger partial charge in [-0.2, -0.15) is 18.4 Å². The van der Waals surface area contributed by atoms with Gasteiger partial charge in [0.2, 0.25) is 0 Å². The molecule has 1 fully saturated rings. The summed E-state index contributed by atoms with van der Waals surface area (Å²) in [6.07, 6.45) is -3.74. The summed E-state index contributed by atoms with van der Waals surface area (Å²) in [4.78, 5) is 14.9. The van der Waals surface area contributed by atoms with Gasteiger partial charge >= 0.3 is 6.18 Å². The Balaban J connectivity index is 1.49. The maximum atomic E-state index is 12.8. The molecule has 2 atom stereocenters. The molecule has 1 aliphatic heterocycles. The number of likely N-dealkylation sites (tertiary alicyclic amines) is 1. The van der Waals surface area contributed by atoms with E-state index in [9.17, 15) is 18.0 Å². The lowest BCUT2D eigenvalue weighted by Crippen LogP contribution is -2.38. The zero-order valence-corrected chi connectivity index (χ0v) is 18.8. The molecule has 4 rings (SSSR count). The average molecular weight is 484 g/mol. The molecule has 4 nitrogen and oxygen atoms in total. The number of carbonyl (C=O) groups excluding carboxylic acids is 1. The Morgan fingerprint density at radius 3 is 2.15 bits per heavy atom. The van der Waals surface area contributed by atoms with Crippen molar-refractivity contribution in [2.24, 2.45) is 0 Å². The first-order chi connectivity index (χ1) is 16.2. The van der Waals surface area contributed by atoms with Crippen molar-refractivity contribution in [2.75, 3.05) is 13.1 Å². The SMILES string of the molecule is N#Cc1ccc([C@H](c2ccc(Cl)cc2)N2CCC(NC(=O)c3ccc(C(F)(F)F)cc3)C2)cc1. The molecule has 1 saturated heterocycles. The molecular weight excluding hydrogens is 463 g/mol. The molecule has 1 aliphatic rings. The molecule has 3 aromatic rings. The van der Waals surface area contributed by atoms with E-state index in [-0.39, 0.29) is 17.6 Å². The molecule has 1 heterocycles. The summed E-state index contributed by atoms with van der Waals surface area (Å²) >= 11 is 6.08. The summed E-state index contributed by atoms with van der Waals surface area (Å²) in [7, 11) is 0. The molecule has 1 unspecified atom stereocenters. The topological polar surface area (TPSA) is 56.1 Å². The number of hydrogen-bond donors (Lipinski definition) is 1. The third kappa shape index (κ3) is 5.41. The number of nitriles is 1. The molecule has 0 aliphatic carbocycles. The summed E-state index contributed by atoms with van der Waals surface area (Å²) < 4.78 is 38.3. The van der Waals surface area contributed by atoms with Crippen LogP contribution in [0.15, 0.2) is 72.8 Å². The van der Waals surface area contributed by atoms with Crippen LogP contribution in [0.3, 0.4) is 0 Å². The zero-order chi connectivity index (χ0) is 24.3. The van der Waals surface area contributed by atoms with E-state index in [0.717, 1.165) is 23.3 Å². The zero-order valence-electron chi connectivity index (χ0n) is 18.0. The van der Waals surface area contributed by atoms with E-state index in [4.69, 9.17) is 16.9 Å². The predicted molar refractivity (Wildman–Crippen MR) is 123 cm³/mol. The minimum absolute atomic E-state index is 0.0991. The number of hydrogen-bond acceptors (Lipinski definition) is 3. The van der Waals surface area contributed by atoms with E-state index in [2.05, 4.69) is 16.3 Å². The molecule has 8 heteroatoms. The Labute approximate surface area is 200 Å². The van der Waals surface area contributed by atoms with Gasteiger partial charge in [-0.15, -0.1) is 0 Å². The van der Waals surface area contributed by atoms with E-state index < -0.39 is 17.6 Å². The molecule has 0 bridgehead atoms. The lowest BCUT2D eigenvalue weighted by Gasteiger charge is -2.29. The Hall–Kier alpha value is -3.34. The van der Waals surface area contributed by atoms with Crippen LogP contribution < -0.4 is 5.32 Å². The minimum Gasteiger partial charge on any atom is -0.348 e. The number of nitrogens with zero attached hydrogens (tertiary/aromatic N) is 2. The summed E-state index contributed by atoms with van der Waals surface area (Å²) in [5, 5.41) is 12.7. The molecule has 1 N–H and O–H groups in total. The Morgan fingerprint density at radius 1 is 1.00 bits per heavy atom. The standard InChI is InChI=1S/C26H21ClF3N3O/c27-22-11-7-19(8-12-22)24(18-3-1-17(15-31)2-4-18)33-14-13-23(16-33)32-25(34)20-5-9-21(10-6-20)26(28,29)30/h1-12,23-24H,13-14,16H2,(H,32,34)/t23?,24-/m1/s1. The van der Waals surface area contributed by atoms with Gasteiger partial charge in [-0.05, 0) is 66.1 Å². The number of nitrogens with one attached hydrogen (secondary N) is 1. The summed E-state index contributed by atoms with van der Waals surface area (Å²) in [5.74, 6) is -0.401. The fraction of sp³-hybridized carbons (Fsp3) is 0.231. The van der Waals surface area contributed by atoms with Crippen molar-refractivity contribution in [3.05, 3.63) is 106 Å². The van der Waals surface area contributed by atoms with Crippen molar-refractivity contribution in [1.82, 2.24) is 10.2 Å². The molecule has 1 amide bonds. The second-order valence-electron chi connectivity index (χ2n) is 8.22. The van der Waals surface area contributed by atoms with Gasteiger partial charge in [-0.1, -0.05) is 35.9 Å². The summed E-state index contributed by atoms with van der Waals surface area (Å²) in [5.41, 5.74) is 2.01. The van der Waals surface area contributed by atoms with Gasteiger partial charge < -0.3 is 5.32 Å². The van der Waals surface area contributed by atoms with Crippen molar-refractivity contribution in [2.45, 2.75) is 24.7 Å². The normalized spacial score (nSPS) is 17.2. The fourth-order valence-corrected chi connectivity index (χ4v) is 4.34. The number of rotatable bonds is 5. The highest BCUT2D eigenvalue weighted by Gasteiger charge is 2.32. The van der Waals surface area contributed by atoms with Crippen LogP contribution in [-0.2, 0) is 6.18 Å². The Morgan fingerprint density at radius 2 is 1.59 bits per heavy atom. The van der Waals surface area contributed by atoms with Crippen molar-refractivity contribution in [1.29, 1.82) is 5.26 Å². The van der Waals surface area contributed by atoms with E-state index in [1.54, 1.807) is 12.1 Å². The maximum absolute atomic E-state index is 12.8. The van der Waals surface area contributed by atoms with Gasteiger partial charge in [0.25, 0.3) is 5.91 Å². The van der Waals surface area contributed by atoms with Gasteiger partial charge in [-0.3, -0.25) is 9.69 Å². The Bertz CT molecular complexity index is 1190. The number of halogens is 4. The molecule has 3 aromatic carbocycles. The number of alkyl halides is 3. The lowest BCUT2D eigenvalue weighted by molar-refractivity contribution is -0.137. The minimum atomic E-state index is -4.44. The third-order valence-corrected chi connectivity index (χ3v) is 6.19. The van der Waals surface area contributed by atoms with Crippen LogP contribution in [0.25, 0.3) is 0 Å². The summed E-state index contributed by atoms with van der Waals surface area (Å²) in [6, 6.07) is 21.1. The summed E-state index contributed by atoms with van der Waals surface area (Å²) in [6.45, 7) is 1.28. The smallest absolute Gasteiger partial charge is 0.348 e. The number of benzene rings is 3. The molecule has 34 heavy (non-hydrogen) atoms. The average Bonchev–Trinajstić information content (AvgIpc) is 3.28. The second-order valence-corrected chi connectivity index (χ2v) is 8.65. The van der Waals surface area contributed by atoms with Crippen LogP contribution in [0.4, 0.5) is 13.2 Å². The van der Waals surface area contributed by atoms with Gasteiger partial charge in [0.05, 0.1) is 23.2 Å². The van der Waals surface area contributed by atoms with Crippen molar-refractivity contribution >= 4 is 17.5 Å². The number of carbonyl (C=O) groups is 1. The molecule has 0 radical (unpaired) electrons. The fourth-order valence-electron chi connectivity index (χ4n) is 4.22. The maximum Gasteiger partial charge on any atom is 0.416 e. The van der Waals surface area contributed by atoms with Crippen molar-refractivity contribution < 1.29 is 18.0 Å². The second kappa shape index (κ2) is 9.88. The third-order valence-electron chi connectivity index (χ3n) is 5.94. The molecule has 0 saturated carbocycles. The van der Waals surface area contributed by atoms with Crippen LogP contribution in [0.5, 0.6) is 0 Å². The van der Waals surface area contributed by atoms with Gasteiger partial charge in [0.15, 0.2) is 0 Å². The van der Waals surface area contributed by atoms with E-state index in [1.807, 2.05) is 36.4 Å². The van der Waals surface area contributed by atoms with Crippen molar-refractivity contribution in [3.63, 3.8) is 0 Å². The Kier molecular flexibility index (Phi) is 6.92. The van der Waals surface area contributed by atoms with Gasteiger partial charge in [0.1, 0.15) is 0 Å². The predicted octanol–water partition coefficient (Wildman–Crippen LogP) is 5.82. The first-order valence-corrected chi connectivity index (χ1v) is 11.1. The highest BCUT2D eigenvalue weighted by molar-refractivity contribution is 6.30. The quantitative estimate of drug-likeness (QED) is 0.497. The van der Waals surface area contributed by atoms with E-state index in [0.29, 0.717) is 30.1 Å². The van der Waals surface area contributed by atoms with Crippen LogP contribution in [-0.4, -0.2) is 29.9 Å². The first-order valence-electron chi connectivity index (χ1n) is 10.7. The van der Waals surface area contributed by atoms with E-state index >= 15 is 0 Å². The van der Waals surface area contributed by atoms with Crippen molar-refractivity contribution in [3.8, 4) is 6.07 Å². The van der Waals surface area contributed by atoms with Crippen LogP contribution in [0, 0.1) is 11.3 Å². The van der Waals surface area contributed by atoms with Crippen LogP contribution in [0.2, 0.25) is 5.02 Å². The molecular formula is C26H21ClF3N3O. The monoisotopic (exact) mass is 483 g/mol. The molecule has 0 aromatic heterocycles.